The van der Waals surface area contributed by atoms with Crippen molar-refractivity contribution in [3.05, 3.63) is 69.7 Å². The van der Waals surface area contributed by atoms with E-state index in [4.69, 9.17) is 11.6 Å². The highest BCUT2D eigenvalue weighted by Gasteiger charge is 2.28. The fraction of sp³-hybridized carbons (Fsp3) is 0.571. The van der Waals surface area contributed by atoms with Crippen molar-refractivity contribution in [3.63, 3.8) is 0 Å². The van der Waals surface area contributed by atoms with E-state index >= 15 is 0 Å². The third-order valence-corrected chi connectivity index (χ3v) is 7.71. The summed E-state index contributed by atoms with van der Waals surface area (Å²) in [6.45, 7) is 2.24. The van der Waals surface area contributed by atoms with Gasteiger partial charge >= 0.3 is 0 Å². The quantitative estimate of drug-likeness (QED) is 0.408. The second-order valence-electron chi connectivity index (χ2n) is 9.87. The van der Waals surface area contributed by atoms with Crippen molar-refractivity contribution in [1.82, 2.24) is 0 Å². The van der Waals surface area contributed by atoms with Gasteiger partial charge in [-0.15, -0.1) is 0 Å². The van der Waals surface area contributed by atoms with Crippen molar-refractivity contribution in [2.24, 2.45) is 11.8 Å². The molecule has 2 aromatic carbocycles. The van der Waals surface area contributed by atoms with E-state index in [9.17, 15) is 5.11 Å². The van der Waals surface area contributed by atoms with Gasteiger partial charge in [-0.3, -0.25) is 0 Å². The maximum Gasteiger partial charge on any atom is 0.0548 e. The zero-order valence-electron chi connectivity index (χ0n) is 18.5. The molecule has 0 heterocycles. The molecule has 0 amide bonds. The number of aliphatic hydroxyl groups is 1. The van der Waals surface area contributed by atoms with Crippen LogP contribution in [0.3, 0.4) is 0 Å². The van der Waals surface area contributed by atoms with E-state index in [2.05, 4.69) is 49.4 Å². The first-order valence-corrected chi connectivity index (χ1v) is 12.5. The molecule has 2 aromatic rings. The van der Waals surface area contributed by atoms with Crippen LogP contribution in [0, 0.1) is 11.8 Å². The second-order valence-corrected chi connectivity index (χ2v) is 10.3. The summed E-state index contributed by atoms with van der Waals surface area (Å²) in [5.41, 5.74) is 5.33. The standard InChI is InChI=1S/C28H37ClO/c1-2-20-15-25(19-27(30)17-20)24-13-14-28(29)26(18-24)16-23-11-9-22(10-12-23)6-4-3-5-21-7-8-21/h9-14,18,20-21,25,27,30H,2-8,15-17,19H2,1H3/t20-,25+,27-/m0/s1. The predicted octanol–water partition coefficient (Wildman–Crippen LogP) is 7.71. The molecule has 2 aliphatic carbocycles. The predicted molar refractivity (Wildman–Crippen MR) is 127 cm³/mol. The molecule has 162 valence electrons. The largest absolute Gasteiger partial charge is 0.393 e. The minimum atomic E-state index is -0.162. The Hall–Kier alpha value is -1.31. The number of aliphatic hydroxyl groups excluding tert-OH is 1. The van der Waals surface area contributed by atoms with Gasteiger partial charge in [0.25, 0.3) is 0 Å². The lowest BCUT2D eigenvalue weighted by Gasteiger charge is -2.32. The highest BCUT2D eigenvalue weighted by Crippen LogP contribution is 2.39. The summed E-state index contributed by atoms with van der Waals surface area (Å²) in [5, 5.41) is 11.2. The van der Waals surface area contributed by atoms with Gasteiger partial charge < -0.3 is 5.11 Å². The molecule has 2 aliphatic rings. The highest BCUT2D eigenvalue weighted by molar-refractivity contribution is 6.31. The molecule has 3 atom stereocenters. The average molecular weight is 425 g/mol. The Kier molecular flexibility index (Phi) is 7.55. The lowest BCUT2D eigenvalue weighted by atomic mass is 9.75. The number of aryl methyl sites for hydroxylation is 1. The highest BCUT2D eigenvalue weighted by atomic mass is 35.5. The molecule has 2 fully saturated rings. The van der Waals surface area contributed by atoms with Crippen LogP contribution in [-0.4, -0.2) is 11.2 Å². The van der Waals surface area contributed by atoms with Gasteiger partial charge in [0, 0.05) is 5.02 Å². The van der Waals surface area contributed by atoms with E-state index in [0.717, 1.165) is 36.6 Å². The van der Waals surface area contributed by atoms with Crippen molar-refractivity contribution in [2.45, 2.75) is 89.6 Å². The number of hydrogen-bond donors (Lipinski definition) is 1. The molecule has 0 spiro atoms. The van der Waals surface area contributed by atoms with Gasteiger partial charge in [0.1, 0.15) is 0 Å². The van der Waals surface area contributed by atoms with E-state index in [1.807, 2.05) is 0 Å². The van der Waals surface area contributed by atoms with Crippen molar-refractivity contribution < 1.29 is 5.11 Å². The molecule has 1 N–H and O–H groups in total. The fourth-order valence-electron chi connectivity index (χ4n) is 5.21. The molecule has 0 unspecified atom stereocenters. The Labute approximate surface area is 187 Å². The smallest absolute Gasteiger partial charge is 0.0548 e. The zero-order chi connectivity index (χ0) is 20.9. The molecule has 2 heteroatoms. The molecule has 0 saturated heterocycles. The molecule has 4 rings (SSSR count). The Morgan fingerprint density at radius 2 is 1.67 bits per heavy atom. The van der Waals surface area contributed by atoms with Gasteiger partial charge in [-0.05, 0) is 84.6 Å². The molecule has 1 nitrogen and oxygen atoms in total. The van der Waals surface area contributed by atoms with Crippen LogP contribution >= 0.6 is 11.6 Å². The molecule has 0 radical (unpaired) electrons. The van der Waals surface area contributed by atoms with Crippen LogP contribution in [0.1, 0.15) is 92.9 Å². The van der Waals surface area contributed by atoms with Crippen molar-refractivity contribution in [3.8, 4) is 0 Å². The normalized spacial score (nSPS) is 24.2. The molecule has 0 bridgehead atoms. The summed E-state index contributed by atoms with van der Waals surface area (Å²) in [7, 11) is 0. The fourth-order valence-corrected chi connectivity index (χ4v) is 5.39. The van der Waals surface area contributed by atoms with E-state index in [1.165, 1.54) is 67.2 Å². The number of unbranched alkanes of at least 4 members (excludes halogenated alkanes) is 1. The summed E-state index contributed by atoms with van der Waals surface area (Å²) in [6.07, 6.45) is 13.2. The zero-order valence-corrected chi connectivity index (χ0v) is 19.2. The molecular weight excluding hydrogens is 388 g/mol. The van der Waals surface area contributed by atoms with Crippen LogP contribution in [0.2, 0.25) is 5.02 Å². The van der Waals surface area contributed by atoms with E-state index < -0.39 is 0 Å². The Morgan fingerprint density at radius 1 is 0.900 bits per heavy atom. The van der Waals surface area contributed by atoms with E-state index in [-0.39, 0.29) is 6.10 Å². The van der Waals surface area contributed by atoms with Gasteiger partial charge in [-0.1, -0.05) is 87.0 Å². The summed E-state index contributed by atoms with van der Waals surface area (Å²) < 4.78 is 0. The third-order valence-electron chi connectivity index (χ3n) is 7.34. The number of hydrogen-bond acceptors (Lipinski definition) is 1. The first kappa shape index (κ1) is 21.9. The third kappa shape index (κ3) is 6.11. The van der Waals surface area contributed by atoms with Crippen molar-refractivity contribution in [2.75, 3.05) is 0 Å². The van der Waals surface area contributed by atoms with Crippen LogP contribution in [-0.2, 0) is 12.8 Å². The molecule has 0 aliphatic heterocycles. The summed E-state index contributed by atoms with van der Waals surface area (Å²) in [6, 6.07) is 15.7. The molecule has 30 heavy (non-hydrogen) atoms. The lowest BCUT2D eigenvalue weighted by Crippen LogP contribution is -2.25. The maximum absolute atomic E-state index is 10.3. The maximum atomic E-state index is 10.3. The number of benzene rings is 2. The Balaban J connectivity index is 1.37. The Morgan fingerprint density at radius 3 is 2.40 bits per heavy atom. The van der Waals surface area contributed by atoms with E-state index in [0.29, 0.717) is 11.8 Å². The number of halogens is 1. The second kappa shape index (κ2) is 10.3. The molecule has 2 saturated carbocycles. The van der Waals surface area contributed by atoms with Crippen molar-refractivity contribution >= 4 is 11.6 Å². The monoisotopic (exact) mass is 424 g/mol. The molecule has 0 aromatic heterocycles. The van der Waals surface area contributed by atoms with Crippen LogP contribution < -0.4 is 0 Å². The van der Waals surface area contributed by atoms with Gasteiger partial charge in [-0.2, -0.15) is 0 Å². The van der Waals surface area contributed by atoms with Crippen LogP contribution in [0.4, 0.5) is 0 Å². The SMILES string of the molecule is CC[C@@H]1C[C@H](O)C[C@H](c2ccc(Cl)c(Cc3ccc(CCCCC4CC4)cc3)c2)C1. The number of rotatable bonds is 9. The first-order chi connectivity index (χ1) is 14.6. The van der Waals surface area contributed by atoms with Crippen molar-refractivity contribution in [1.29, 1.82) is 0 Å². The topological polar surface area (TPSA) is 20.2 Å². The van der Waals surface area contributed by atoms with Crippen LogP contribution in [0.5, 0.6) is 0 Å². The summed E-state index contributed by atoms with van der Waals surface area (Å²) in [5.74, 6) is 2.14. The minimum Gasteiger partial charge on any atom is -0.393 e. The lowest BCUT2D eigenvalue weighted by molar-refractivity contribution is 0.0881. The van der Waals surface area contributed by atoms with Gasteiger partial charge in [-0.25, -0.2) is 0 Å². The first-order valence-electron chi connectivity index (χ1n) is 12.1. The van der Waals surface area contributed by atoms with Gasteiger partial charge in [0.05, 0.1) is 6.10 Å². The summed E-state index contributed by atoms with van der Waals surface area (Å²) >= 11 is 6.57. The van der Waals surface area contributed by atoms with Crippen LogP contribution in [0.25, 0.3) is 0 Å². The van der Waals surface area contributed by atoms with Gasteiger partial charge in [0.15, 0.2) is 0 Å². The van der Waals surface area contributed by atoms with Crippen LogP contribution in [0.15, 0.2) is 42.5 Å². The van der Waals surface area contributed by atoms with E-state index in [1.54, 1.807) is 0 Å². The summed E-state index contributed by atoms with van der Waals surface area (Å²) in [4.78, 5) is 0. The molecular formula is C28H37ClO. The minimum absolute atomic E-state index is 0.162. The Bertz CT molecular complexity index is 808. The average Bonchev–Trinajstić information content (AvgIpc) is 3.58. The van der Waals surface area contributed by atoms with Gasteiger partial charge in [0.2, 0.25) is 0 Å².